The minimum atomic E-state index is -6.09. The average molecular weight is 510 g/mol. The van der Waals surface area contributed by atoms with E-state index in [-0.39, 0.29) is 0 Å². The summed E-state index contributed by atoms with van der Waals surface area (Å²) >= 11 is 0. The van der Waals surface area contributed by atoms with E-state index in [1.807, 2.05) is 0 Å². The quantitative estimate of drug-likeness (QED) is 0.174. The number of halogens is 6. The first-order chi connectivity index (χ1) is 13.6. The van der Waals surface area contributed by atoms with Crippen LogP contribution < -0.4 is 0 Å². The topological polar surface area (TPSA) is 136 Å². The second-order valence-corrected chi connectivity index (χ2v) is 8.90. The van der Waals surface area contributed by atoms with Crippen LogP contribution in [0.1, 0.15) is 0 Å². The summed E-state index contributed by atoms with van der Waals surface area (Å²) in [5.41, 5.74) is -11.3. The van der Waals surface area contributed by atoms with Crippen LogP contribution in [0.15, 0.2) is 0 Å². The van der Waals surface area contributed by atoms with Gasteiger partial charge in [0, 0.05) is 0 Å². The molecule has 0 saturated heterocycles. The molecular formula is C12H20F6N4O7S2. The minimum Gasteiger partial charge on any atom is -0.741 e. The number of rotatable bonds is 0. The molecule has 2 aliphatic heterocycles. The highest BCUT2D eigenvalue weighted by atomic mass is 32.2. The third-order valence-corrected chi connectivity index (χ3v) is 4.73. The molecule has 0 amide bonds. The maximum absolute atomic E-state index is 10.7. The van der Waals surface area contributed by atoms with Crippen LogP contribution in [0.3, 0.4) is 0 Å². The van der Waals surface area contributed by atoms with Crippen LogP contribution in [0.4, 0.5) is 26.3 Å². The van der Waals surface area contributed by atoms with E-state index in [9.17, 15) is 26.3 Å². The van der Waals surface area contributed by atoms with Gasteiger partial charge in [-0.05, 0) is 0 Å². The minimum absolute atomic E-state index is 0.950. The van der Waals surface area contributed by atoms with Gasteiger partial charge >= 0.3 is 23.1 Å². The van der Waals surface area contributed by atoms with Crippen molar-refractivity contribution in [1.82, 2.24) is 9.80 Å². The zero-order valence-corrected chi connectivity index (χ0v) is 18.2. The third-order valence-electron chi connectivity index (χ3n) is 3.60. The molecule has 0 atom stereocenters. The lowest BCUT2D eigenvalue weighted by molar-refractivity contribution is -0.505. The summed E-state index contributed by atoms with van der Waals surface area (Å²) in [6.07, 6.45) is 0. The maximum atomic E-state index is 10.7. The number of hydrogen-bond donors (Lipinski definition) is 0. The predicted octanol–water partition coefficient (Wildman–Crippen LogP) is -1.01. The Kier molecular flexibility index (Phi) is 9.56. The normalized spacial score (nSPS) is 17.9. The van der Waals surface area contributed by atoms with Crippen molar-refractivity contribution < 1.29 is 66.2 Å². The molecule has 2 rings (SSSR count). The largest absolute Gasteiger partial charge is 0.741 e. The second-order valence-electron chi connectivity index (χ2n) is 6.15. The van der Waals surface area contributed by atoms with Gasteiger partial charge in [-0.1, -0.05) is 0 Å². The number of alkyl halides is 6. The van der Waals surface area contributed by atoms with Crippen molar-refractivity contribution in [2.24, 2.45) is 0 Å². The van der Waals surface area contributed by atoms with Gasteiger partial charge in [0.15, 0.2) is 20.2 Å². The molecule has 0 fully saturated rings. The van der Waals surface area contributed by atoms with Crippen molar-refractivity contribution in [3.8, 4) is 0 Å². The standard InChI is InChI=1S/C10H20N4O.2CHF3O3S/c1-11-5-6-12(2)9(11)15-10-13(3)7-8-14(10)4;2*2-1(3,4)8(5,6)7/h5-8H2,1-4H3;2*(H,5,6,7)/q+2;;/p-2. The SMILES string of the molecule is CN1CC[N+](C)=C1OC1=[N+](C)CCN1C.O=S(=O)([O-])C(F)(F)F.O=S(=O)([O-])C(F)(F)F. The molecule has 31 heavy (non-hydrogen) atoms. The number of likely N-dealkylation sites (N-methyl/N-ethyl adjacent to an activating group) is 4. The van der Waals surface area contributed by atoms with E-state index in [0.29, 0.717) is 0 Å². The number of nitrogens with zero attached hydrogens (tertiary/aromatic N) is 4. The molecule has 0 bridgehead atoms. The first kappa shape index (κ1) is 29.1. The van der Waals surface area contributed by atoms with Gasteiger partial charge in [0.2, 0.25) is 0 Å². The van der Waals surface area contributed by atoms with Crippen LogP contribution in [-0.2, 0) is 25.0 Å². The molecule has 0 aromatic rings. The smallest absolute Gasteiger partial charge is 0.485 e. The Morgan fingerprint density at radius 2 is 1.00 bits per heavy atom. The van der Waals surface area contributed by atoms with Crippen molar-refractivity contribution in [3.63, 3.8) is 0 Å². The fourth-order valence-corrected chi connectivity index (χ4v) is 1.96. The lowest BCUT2D eigenvalue weighted by atomic mass is 10.6. The van der Waals surface area contributed by atoms with Gasteiger partial charge in [0.1, 0.15) is 26.2 Å². The van der Waals surface area contributed by atoms with Crippen LogP contribution in [-0.4, -0.2) is 122 Å². The Bertz CT molecular complexity index is 839. The van der Waals surface area contributed by atoms with Crippen LogP contribution >= 0.6 is 0 Å². The predicted molar refractivity (Wildman–Crippen MR) is 90.0 cm³/mol. The molecular weight excluding hydrogens is 490 g/mol. The van der Waals surface area contributed by atoms with Crippen LogP contribution in [0, 0.1) is 0 Å². The summed E-state index contributed by atoms with van der Waals surface area (Å²) in [5, 5.41) is 0. The number of amidine groups is 2. The van der Waals surface area contributed by atoms with Crippen molar-refractivity contribution in [1.29, 1.82) is 0 Å². The van der Waals surface area contributed by atoms with Crippen LogP contribution in [0.25, 0.3) is 0 Å². The lowest BCUT2D eigenvalue weighted by Crippen LogP contribution is -2.36. The Labute approximate surface area is 174 Å². The lowest BCUT2D eigenvalue weighted by Gasteiger charge is -2.09. The molecule has 2 heterocycles. The van der Waals surface area contributed by atoms with Crippen LogP contribution in [0.2, 0.25) is 0 Å². The van der Waals surface area contributed by atoms with E-state index < -0.39 is 31.3 Å². The molecule has 0 aromatic carbocycles. The number of hydrogen-bond acceptors (Lipinski definition) is 9. The van der Waals surface area contributed by atoms with Gasteiger partial charge in [0.25, 0.3) is 0 Å². The van der Waals surface area contributed by atoms with Gasteiger partial charge in [-0.2, -0.15) is 26.3 Å². The van der Waals surface area contributed by atoms with E-state index in [1.54, 1.807) is 0 Å². The van der Waals surface area contributed by atoms with Crippen LogP contribution in [0.5, 0.6) is 0 Å². The number of ether oxygens (including phenoxy) is 1. The van der Waals surface area contributed by atoms with E-state index in [2.05, 4.69) is 47.1 Å². The highest BCUT2D eigenvalue weighted by Crippen LogP contribution is 2.21. The molecule has 0 radical (unpaired) electrons. The Balaban J connectivity index is 0.000000483. The van der Waals surface area contributed by atoms with Gasteiger partial charge in [-0.15, -0.1) is 0 Å². The Hall–Kier alpha value is -1.86. The van der Waals surface area contributed by atoms with E-state index in [1.165, 1.54) is 0 Å². The zero-order valence-electron chi connectivity index (χ0n) is 16.6. The molecule has 0 aromatic heterocycles. The summed E-state index contributed by atoms with van der Waals surface area (Å²) in [6, 6.07) is 1.90. The molecule has 0 N–H and O–H groups in total. The zero-order chi connectivity index (χ0) is 25.0. The van der Waals surface area contributed by atoms with Gasteiger partial charge < -0.3 is 13.8 Å². The van der Waals surface area contributed by atoms with Crippen molar-refractivity contribution in [3.05, 3.63) is 0 Å². The maximum Gasteiger partial charge on any atom is 0.485 e. The molecule has 19 heteroatoms. The van der Waals surface area contributed by atoms with Crippen molar-refractivity contribution >= 4 is 32.3 Å². The average Bonchev–Trinajstić information content (AvgIpc) is 3.02. The summed E-state index contributed by atoms with van der Waals surface area (Å²) in [6.45, 7) is 4.14. The highest BCUT2D eigenvalue weighted by Gasteiger charge is 2.38. The molecule has 184 valence electrons. The Morgan fingerprint density at radius 3 is 1.13 bits per heavy atom. The molecule has 0 saturated carbocycles. The highest BCUT2D eigenvalue weighted by molar-refractivity contribution is 7.86. The van der Waals surface area contributed by atoms with Gasteiger partial charge in [-0.3, -0.25) is 0 Å². The summed E-state index contributed by atoms with van der Waals surface area (Å²) in [4.78, 5) is 4.29. The summed E-state index contributed by atoms with van der Waals surface area (Å²) < 4.78 is 128. The third kappa shape index (κ3) is 9.03. The van der Waals surface area contributed by atoms with Crippen molar-refractivity contribution in [2.75, 3.05) is 54.4 Å². The Morgan fingerprint density at radius 1 is 0.774 bits per heavy atom. The molecule has 2 aliphatic rings. The van der Waals surface area contributed by atoms with E-state index in [0.717, 1.165) is 38.2 Å². The second kappa shape index (κ2) is 10.2. The molecule has 0 unspecified atom stereocenters. The van der Waals surface area contributed by atoms with Gasteiger partial charge in [0.05, 0.1) is 28.2 Å². The van der Waals surface area contributed by atoms with Crippen molar-refractivity contribution in [2.45, 2.75) is 11.0 Å². The molecule has 0 aliphatic carbocycles. The monoisotopic (exact) mass is 510 g/mol. The fraction of sp³-hybridized carbons (Fsp3) is 0.833. The van der Waals surface area contributed by atoms with E-state index >= 15 is 0 Å². The fourth-order valence-electron chi connectivity index (χ4n) is 1.96. The molecule has 11 nitrogen and oxygen atoms in total. The first-order valence-corrected chi connectivity index (χ1v) is 10.7. The first-order valence-electron chi connectivity index (χ1n) is 7.90. The molecule has 0 spiro atoms. The summed E-state index contributed by atoms with van der Waals surface area (Å²) in [7, 11) is -3.93. The summed E-state index contributed by atoms with van der Waals surface area (Å²) in [5.74, 6) is 0. The van der Waals surface area contributed by atoms with E-state index in [4.69, 9.17) is 30.7 Å². The van der Waals surface area contributed by atoms with Gasteiger partial charge in [-0.25, -0.2) is 35.8 Å².